The third-order valence-corrected chi connectivity index (χ3v) is 2.60. The lowest BCUT2D eigenvalue weighted by atomic mass is 10.2. The van der Waals surface area contributed by atoms with Crippen molar-refractivity contribution in [2.75, 3.05) is 31.2 Å². The number of amidine groups is 1. The second-order valence-electron chi connectivity index (χ2n) is 3.74. The maximum atomic E-state index is 7.53. The molecular weight excluding hydrogens is 204 g/mol. The fourth-order valence-electron chi connectivity index (χ4n) is 1.82. The third kappa shape index (κ3) is 2.30. The molecule has 1 aliphatic heterocycles. The van der Waals surface area contributed by atoms with Gasteiger partial charge in [0.15, 0.2) is 0 Å². The van der Waals surface area contributed by atoms with E-state index in [1.807, 2.05) is 6.07 Å². The lowest BCUT2D eigenvalue weighted by molar-refractivity contribution is 0.152. The number of ether oxygens (including phenoxy) is 1. The monoisotopic (exact) mass is 220 g/mol. The molecule has 0 aromatic carbocycles. The number of pyridine rings is 1. The van der Waals surface area contributed by atoms with Gasteiger partial charge >= 0.3 is 0 Å². The zero-order valence-corrected chi connectivity index (χ0v) is 9.15. The fraction of sp³-hybridized carbons (Fsp3) is 0.455. The van der Waals surface area contributed by atoms with Crippen molar-refractivity contribution < 1.29 is 4.74 Å². The second-order valence-corrected chi connectivity index (χ2v) is 3.74. The van der Waals surface area contributed by atoms with E-state index in [-0.39, 0.29) is 5.84 Å². The van der Waals surface area contributed by atoms with Crippen molar-refractivity contribution in [3.05, 3.63) is 23.9 Å². The fourth-order valence-corrected chi connectivity index (χ4v) is 1.82. The van der Waals surface area contributed by atoms with Crippen molar-refractivity contribution in [2.24, 2.45) is 5.73 Å². The van der Waals surface area contributed by atoms with Crippen LogP contribution in [0.15, 0.2) is 18.3 Å². The Morgan fingerprint density at radius 2 is 2.31 bits per heavy atom. The van der Waals surface area contributed by atoms with Crippen LogP contribution in [0.2, 0.25) is 0 Å². The van der Waals surface area contributed by atoms with Gasteiger partial charge in [0.05, 0.1) is 12.2 Å². The summed E-state index contributed by atoms with van der Waals surface area (Å²) in [6.07, 6.45) is 2.71. The summed E-state index contributed by atoms with van der Waals surface area (Å²) < 4.78 is 5.39. The first-order valence-electron chi connectivity index (χ1n) is 5.41. The van der Waals surface area contributed by atoms with E-state index in [4.69, 9.17) is 15.9 Å². The zero-order chi connectivity index (χ0) is 11.4. The maximum Gasteiger partial charge on any atom is 0.139 e. The molecule has 2 heterocycles. The van der Waals surface area contributed by atoms with Gasteiger partial charge in [0.25, 0.3) is 0 Å². The quantitative estimate of drug-likeness (QED) is 0.565. The highest BCUT2D eigenvalue weighted by Gasteiger charge is 2.15. The highest BCUT2D eigenvalue weighted by atomic mass is 16.5. The average molecular weight is 220 g/mol. The molecule has 0 aliphatic carbocycles. The van der Waals surface area contributed by atoms with E-state index < -0.39 is 0 Å². The molecule has 1 aromatic heterocycles. The van der Waals surface area contributed by atoms with E-state index in [2.05, 4.69) is 9.88 Å². The molecule has 3 N–H and O–H groups in total. The predicted molar refractivity (Wildman–Crippen MR) is 62.9 cm³/mol. The van der Waals surface area contributed by atoms with E-state index in [1.165, 1.54) is 0 Å². The molecule has 0 spiro atoms. The zero-order valence-electron chi connectivity index (χ0n) is 9.15. The Kier molecular flexibility index (Phi) is 3.36. The van der Waals surface area contributed by atoms with Crippen LogP contribution in [0.3, 0.4) is 0 Å². The van der Waals surface area contributed by atoms with Crippen molar-refractivity contribution in [2.45, 2.75) is 6.42 Å². The molecule has 0 atom stereocenters. The van der Waals surface area contributed by atoms with Crippen molar-refractivity contribution >= 4 is 11.7 Å². The molecule has 86 valence electrons. The minimum Gasteiger partial charge on any atom is -0.384 e. The lowest BCUT2D eigenvalue weighted by Gasteiger charge is -2.22. The molecule has 0 unspecified atom stereocenters. The van der Waals surface area contributed by atoms with Gasteiger partial charge in [-0.1, -0.05) is 0 Å². The molecule has 0 radical (unpaired) electrons. The van der Waals surface area contributed by atoms with Crippen molar-refractivity contribution in [3.8, 4) is 0 Å². The summed E-state index contributed by atoms with van der Waals surface area (Å²) in [6.45, 7) is 3.20. The molecule has 5 heteroatoms. The van der Waals surface area contributed by atoms with Crippen LogP contribution in [0.4, 0.5) is 5.82 Å². The van der Waals surface area contributed by atoms with Crippen LogP contribution in [0.1, 0.15) is 12.0 Å². The number of nitrogens with zero attached hydrogens (tertiary/aromatic N) is 2. The summed E-state index contributed by atoms with van der Waals surface area (Å²) in [4.78, 5) is 6.44. The molecule has 16 heavy (non-hydrogen) atoms. The highest BCUT2D eigenvalue weighted by Crippen LogP contribution is 2.17. The van der Waals surface area contributed by atoms with E-state index in [9.17, 15) is 0 Å². The maximum absolute atomic E-state index is 7.53. The number of rotatable bonds is 2. The van der Waals surface area contributed by atoms with Gasteiger partial charge < -0.3 is 15.4 Å². The number of hydrogen-bond acceptors (Lipinski definition) is 4. The Morgan fingerprint density at radius 3 is 3.12 bits per heavy atom. The number of nitrogens with two attached hydrogens (primary N) is 1. The van der Waals surface area contributed by atoms with Crippen molar-refractivity contribution in [1.29, 1.82) is 5.41 Å². The van der Waals surface area contributed by atoms with Gasteiger partial charge in [-0.05, 0) is 18.6 Å². The van der Waals surface area contributed by atoms with Crippen LogP contribution < -0.4 is 10.6 Å². The standard InChI is InChI=1S/C11H16N4O/c12-10(13)9-3-1-4-14-11(9)15-5-2-7-16-8-6-15/h1,3-4H,2,5-8H2,(H3,12,13). The van der Waals surface area contributed by atoms with E-state index in [0.29, 0.717) is 12.2 Å². The summed E-state index contributed by atoms with van der Waals surface area (Å²) in [5, 5.41) is 7.53. The molecule has 2 rings (SSSR count). The molecule has 1 fully saturated rings. The first-order valence-corrected chi connectivity index (χ1v) is 5.41. The number of hydrogen-bond donors (Lipinski definition) is 2. The summed E-state index contributed by atoms with van der Waals surface area (Å²) in [5.74, 6) is 0.855. The van der Waals surface area contributed by atoms with Gasteiger partial charge in [-0.15, -0.1) is 0 Å². The normalized spacial score (nSPS) is 16.9. The van der Waals surface area contributed by atoms with Gasteiger partial charge in [0, 0.05) is 25.9 Å². The van der Waals surface area contributed by atoms with Crippen molar-refractivity contribution in [3.63, 3.8) is 0 Å². The van der Waals surface area contributed by atoms with Crippen LogP contribution in [0, 0.1) is 5.41 Å². The molecule has 1 aromatic rings. The molecule has 1 aliphatic rings. The summed E-state index contributed by atoms with van der Waals surface area (Å²) >= 11 is 0. The number of nitrogen functional groups attached to an aromatic ring is 1. The molecule has 5 nitrogen and oxygen atoms in total. The average Bonchev–Trinajstić information content (AvgIpc) is 2.57. The summed E-state index contributed by atoms with van der Waals surface area (Å²) in [7, 11) is 0. The number of anilines is 1. The van der Waals surface area contributed by atoms with Crippen molar-refractivity contribution in [1.82, 2.24) is 4.98 Å². The van der Waals surface area contributed by atoms with Gasteiger partial charge in [-0.25, -0.2) is 4.98 Å². The first kappa shape index (κ1) is 10.9. The Morgan fingerprint density at radius 1 is 1.44 bits per heavy atom. The molecular formula is C11H16N4O. The number of nitrogens with one attached hydrogen (secondary N) is 1. The largest absolute Gasteiger partial charge is 0.384 e. The Hall–Kier alpha value is -1.62. The topological polar surface area (TPSA) is 75.2 Å². The molecule has 0 bridgehead atoms. The van der Waals surface area contributed by atoms with E-state index >= 15 is 0 Å². The smallest absolute Gasteiger partial charge is 0.139 e. The Bertz CT molecular complexity index is 372. The minimum atomic E-state index is 0.0632. The molecule has 1 saturated heterocycles. The van der Waals surface area contributed by atoms with Crippen LogP contribution in [0.5, 0.6) is 0 Å². The minimum absolute atomic E-state index is 0.0632. The van der Waals surface area contributed by atoms with Gasteiger partial charge in [-0.2, -0.15) is 0 Å². The van der Waals surface area contributed by atoms with Crippen LogP contribution in [0.25, 0.3) is 0 Å². The highest BCUT2D eigenvalue weighted by molar-refractivity contribution is 5.99. The SMILES string of the molecule is N=C(N)c1cccnc1N1CCCOCC1. The Balaban J connectivity index is 2.27. The van der Waals surface area contributed by atoms with Crippen LogP contribution in [-0.2, 0) is 4.74 Å². The van der Waals surface area contributed by atoms with Crippen LogP contribution in [-0.4, -0.2) is 37.1 Å². The molecule has 0 saturated carbocycles. The van der Waals surface area contributed by atoms with E-state index in [0.717, 1.165) is 31.9 Å². The summed E-state index contributed by atoms with van der Waals surface area (Å²) in [6, 6.07) is 3.63. The van der Waals surface area contributed by atoms with Gasteiger partial charge in [0.1, 0.15) is 11.7 Å². The Labute approximate surface area is 94.7 Å². The van der Waals surface area contributed by atoms with E-state index in [1.54, 1.807) is 12.3 Å². The summed E-state index contributed by atoms with van der Waals surface area (Å²) in [5.41, 5.74) is 6.24. The van der Waals surface area contributed by atoms with Gasteiger partial charge in [0.2, 0.25) is 0 Å². The first-order chi connectivity index (χ1) is 7.79. The lowest BCUT2D eigenvalue weighted by Crippen LogP contribution is -2.29. The van der Waals surface area contributed by atoms with Crippen LogP contribution >= 0.6 is 0 Å². The third-order valence-electron chi connectivity index (χ3n) is 2.60. The predicted octanol–water partition coefficient (Wildman–Crippen LogP) is 0.592. The second kappa shape index (κ2) is 4.94. The van der Waals surface area contributed by atoms with Gasteiger partial charge in [-0.3, -0.25) is 5.41 Å². The molecule has 0 amide bonds. The number of aromatic nitrogens is 1.